The van der Waals surface area contributed by atoms with Gasteiger partial charge in [-0.1, -0.05) is 39.0 Å². The van der Waals surface area contributed by atoms with E-state index in [2.05, 4.69) is 67.8 Å². The van der Waals surface area contributed by atoms with Crippen LogP contribution in [0.25, 0.3) is 5.57 Å². The van der Waals surface area contributed by atoms with E-state index in [0.29, 0.717) is 29.6 Å². The summed E-state index contributed by atoms with van der Waals surface area (Å²) in [4.78, 5) is 45.3. The number of anilines is 2. The SMILES string of the molecule is CC(C)(C)OC(=O)N1CC=C(c2ccc([C@@H]3CC[C@@H]4CN(c5nc(C(C)(C)C)ccc5C(=O)NSc5cccc(n5)N3)C(C)(C)C4)nc2)CC1. The molecule has 3 aliphatic rings. The van der Waals surface area contributed by atoms with E-state index in [1.54, 1.807) is 4.90 Å². The lowest BCUT2D eigenvalue weighted by Crippen LogP contribution is -2.40. The average molecular weight is 698 g/mol. The standard InChI is InChI=1S/C39H51N7O3S/c1-37(2,3)31-17-14-28-34(42-31)46-24-25(22-39(46,7)8)12-15-30(41-32-10-9-11-33(43-32)50-44-35(28)47)29-16-13-27(23-40-29)26-18-20-45(21-19-26)36(48)49-38(4,5)6/h9-11,13-14,16-18,23,25,30H,12,15,19-22,24H2,1-8H3,(H,41,43)(H,44,47)/t25-,30-/m0/s1. The molecule has 1 saturated heterocycles. The monoisotopic (exact) mass is 697 g/mol. The van der Waals surface area contributed by atoms with Crippen LogP contribution in [0, 0.1) is 5.92 Å². The maximum absolute atomic E-state index is 13.7. The van der Waals surface area contributed by atoms with E-state index >= 15 is 0 Å². The van der Waals surface area contributed by atoms with Gasteiger partial charge >= 0.3 is 6.09 Å². The van der Waals surface area contributed by atoms with Gasteiger partial charge < -0.3 is 19.9 Å². The third-order valence-corrected chi connectivity index (χ3v) is 10.4. The molecule has 3 aromatic heterocycles. The van der Waals surface area contributed by atoms with Crippen LogP contribution in [-0.2, 0) is 10.2 Å². The predicted molar refractivity (Wildman–Crippen MR) is 200 cm³/mol. The number of aromatic nitrogens is 3. The molecule has 6 rings (SSSR count). The number of pyridine rings is 3. The maximum Gasteiger partial charge on any atom is 0.410 e. The number of fused-ring (bicyclic) bond motifs is 6. The molecule has 4 bridgehead atoms. The first-order valence-electron chi connectivity index (χ1n) is 17.7. The first-order valence-corrected chi connectivity index (χ1v) is 18.5. The minimum Gasteiger partial charge on any atom is -0.444 e. The minimum atomic E-state index is -0.516. The fourth-order valence-corrected chi connectivity index (χ4v) is 7.61. The van der Waals surface area contributed by atoms with Gasteiger partial charge in [0.05, 0.1) is 17.3 Å². The van der Waals surface area contributed by atoms with Gasteiger partial charge in [-0.2, -0.15) is 0 Å². The van der Waals surface area contributed by atoms with Crippen LogP contribution in [-0.4, -0.2) is 62.6 Å². The number of nitrogens with zero attached hydrogens (tertiary/aromatic N) is 5. The van der Waals surface area contributed by atoms with E-state index in [-0.39, 0.29) is 29.0 Å². The molecule has 0 radical (unpaired) electrons. The van der Waals surface area contributed by atoms with Crippen LogP contribution in [0.15, 0.2) is 59.8 Å². The Labute approximate surface area is 301 Å². The lowest BCUT2D eigenvalue weighted by molar-refractivity contribution is 0.0270. The largest absolute Gasteiger partial charge is 0.444 e. The lowest BCUT2D eigenvalue weighted by Gasteiger charge is -2.34. The highest BCUT2D eigenvalue weighted by Gasteiger charge is 2.41. The van der Waals surface area contributed by atoms with Crippen molar-refractivity contribution < 1.29 is 14.3 Å². The van der Waals surface area contributed by atoms with Crippen LogP contribution in [0.5, 0.6) is 0 Å². The summed E-state index contributed by atoms with van der Waals surface area (Å²) in [6.07, 6.45) is 7.35. The molecule has 0 aliphatic carbocycles. The first-order chi connectivity index (χ1) is 23.6. The summed E-state index contributed by atoms with van der Waals surface area (Å²) < 4.78 is 8.60. The Morgan fingerprint density at radius 2 is 1.82 bits per heavy atom. The molecule has 6 heterocycles. The van der Waals surface area contributed by atoms with Gasteiger partial charge in [-0.15, -0.1) is 0 Å². The van der Waals surface area contributed by atoms with Crippen LogP contribution >= 0.6 is 11.9 Å². The minimum absolute atomic E-state index is 0.0606. The summed E-state index contributed by atoms with van der Waals surface area (Å²) in [7, 11) is 0. The Kier molecular flexibility index (Phi) is 9.92. The van der Waals surface area contributed by atoms with Gasteiger partial charge in [0.15, 0.2) is 0 Å². The van der Waals surface area contributed by atoms with Crippen molar-refractivity contribution in [2.45, 2.75) is 109 Å². The van der Waals surface area contributed by atoms with E-state index in [1.807, 2.05) is 57.3 Å². The summed E-state index contributed by atoms with van der Waals surface area (Å²) in [6, 6.07) is 13.9. The quantitative estimate of drug-likeness (QED) is 0.256. The molecule has 10 nitrogen and oxygen atoms in total. The van der Waals surface area contributed by atoms with Gasteiger partial charge in [-0.25, -0.2) is 14.8 Å². The van der Waals surface area contributed by atoms with Crippen LogP contribution < -0.4 is 14.9 Å². The zero-order valence-electron chi connectivity index (χ0n) is 30.7. The number of amides is 2. The third kappa shape index (κ3) is 8.25. The molecule has 2 atom stereocenters. The Hall–Kier alpha value is -4.12. The van der Waals surface area contributed by atoms with Crippen LogP contribution in [0.4, 0.5) is 16.4 Å². The second-order valence-corrected chi connectivity index (χ2v) is 17.2. The van der Waals surface area contributed by atoms with Crippen molar-refractivity contribution in [3.8, 4) is 0 Å². The van der Waals surface area contributed by atoms with Crippen molar-refractivity contribution in [2.24, 2.45) is 5.92 Å². The molecule has 1 fully saturated rings. The molecule has 0 spiro atoms. The summed E-state index contributed by atoms with van der Waals surface area (Å²) in [5, 5.41) is 4.36. The highest BCUT2D eigenvalue weighted by atomic mass is 32.2. The topological polar surface area (TPSA) is 113 Å². The second kappa shape index (κ2) is 13.9. The Balaban J connectivity index is 1.26. The van der Waals surface area contributed by atoms with Crippen molar-refractivity contribution in [1.82, 2.24) is 24.6 Å². The molecule has 3 aliphatic heterocycles. The summed E-state index contributed by atoms with van der Waals surface area (Å²) in [5.41, 5.74) is 3.91. The number of carbonyl (C=O) groups is 2. The van der Waals surface area contributed by atoms with Crippen LogP contribution in [0.1, 0.15) is 114 Å². The average Bonchev–Trinajstić information content (AvgIpc) is 3.37. The summed E-state index contributed by atoms with van der Waals surface area (Å²) >= 11 is 1.21. The van der Waals surface area contributed by atoms with E-state index < -0.39 is 5.60 Å². The molecule has 0 unspecified atom stereocenters. The number of carbonyl (C=O) groups excluding carboxylic acids is 2. The van der Waals surface area contributed by atoms with Crippen LogP contribution in [0.2, 0.25) is 0 Å². The van der Waals surface area contributed by atoms with Crippen LogP contribution in [0.3, 0.4) is 0 Å². The van der Waals surface area contributed by atoms with E-state index in [4.69, 9.17) is 19.7 Å². The van der Waals surface area contributed by atoms with Crippen molar-refractivity contribution in [2.75, 3.05) is 29.9 Å². The van der Waals surface area contributed by atoms with Gasteiger partial charge in [-0.3, -0.25) is 14.5 Å². The Morgan fingerprint density at radius 1 is 1.02 bits per heavy atom. The van der Waals surface area contributed by atoms with Gasteiger partial charge in [0, 0.05) is 54.4 Å². The molecule has 266 valence electrons. The van der Waals surface area contributed by atoms with Crippen molar-refractivity contribution in [1.29, 1.82) is 0 Å². The summed E-state index contributed by atoms with van der Waals surface area (Å²) in [5.74, 6) is 1.71. The molecule has 3 aromatic rings. The number of hydrogen-bond acceptors (Lipinski definition) is 9. The molecule has 0 saturated carbocycles. The van der Waals surface area contributed by atoms with Gasteiger partial charge in [0.2, 0.25) is 0 Å². The van der Waals surface area contributed by atoms with Gasteiger partial charge in [-0.05, 0) is 108 Å². The Bertz CT molecular complexity index is 1760. The van der Waals surface area contributed by atoms with Crippen molar-refractivity contribution in [3.63, 3.8) is 0 Å². The molecule has 11 heteroatoms. The fourth-order valence-electron chi connectivity index (χ4n) is 7.01. The molecule has 2 amide bonds. The maximum atomic E-state index is 13.7. The van der Waals surface area contributed by atoms with E-state index in [9.17, 15) is 9.59 Å². The van der Waals surface area contributed by atoms with Crippen molar-refractivity contribution >= 4 is 41.2 Å². The summed E-state index contributed by atoms with van der Waals surface area (Å²) in [6.45, 7) is 18.6. The van der Waals surface area contributed by atoms with E-state index in [1.165, 1.54) is 17.5 Å². The van der Waals surface area contributed by atoms with Crippen molar-refractivity contribution in [3.05, 3.63) is 77.3 Å². The fraction of sp³-hybridized carbons (Fsp3) is 0.513. The van der Waals surface area contributed by atoms with Gasteiger partial charge in [0.1, 0.15) is 22.3 Å². The smallest absolute Gasteiger partial charge is 0.410 e. The molecule has 0 aromatic carbocycles. The van der Waals surface area contributed by atoms with E-state index in [0.717, 1.165) is 60.8 Å². The molecular weight excluding hydrogens is 647 g/mol. The lowest BCUT2D eigenvalue weighted by atomic mass is 9.90. The highest BCUT2D eigenvalue weighted by Crippen LogP contribution is 2.41. The zero-order chi connectivity index (χ0) is 35.8. The molecular formula is C39H51N7O3S. The number of ether oxygens (including phenoxy) is 1. The van der Waals surface area contributed by atoms with Gasteiger partial charge in [0.25, 0.3) is 5.91 Å². The Morgan fingerprint density at radius 3 is 2.50 bits per heavy atom. The second-order valence-electron chi connectivity index (χ2n) is 16.4. The number of hydrogen-bond donors (Lipinski definition) is 2. The third-order valence-electron chi connectivity index (χ3n) is 9.64. The molecule has 2 N–H and O–H groups in total. The number of nitrogens with one attached hydrogen (secondary N) is 2. The predicted octanol–water partition coefficient (Wildman–Crippen LogP) is 8.18. The number of rotatable bonds is 2. The first kappa shape index (κ1) is 35.7. The highest BCUT2D eigenvalue weighted by molar-refractivity contribution is 7.97. The normalized spacial score (nSPS) is 21.2. The zero-order valence-corrected chi connectivity index (χ0v) is 31.5. The molecule has 50 heavy (non-hydrogen) atoms.